The van der Waals surface area contributed by atoms with Crippen LogP contribution in [0.3, 0.4) is 0 Å². The number of aromatic nitrogens is 2. The largest absolute Gasteiger partial charge is 0.361 e. The van der Waals surface area contributed by atoms with Crippen molar-refractivity contribution >= 4 is 22.7 Å². The summed E-state index contributed by atoms with van der Waals surface area (Å²) in [6, 6.07) is 13.3. The fourth-order valence-corrected chi connectivity index (χ4v) is 3.36. The minimum atomic E-state index is -0.0747. The van der Waals surface area contributed by atoms with E-state index in [-0.39, 0.29) is 11.8 Å². The number of para-hydroxylation sites is 1. The molecule has 26 heavy (non-hydrogen) atoms. The number of rotatable bonds is 3. The fourth-order valence-electron chi connectivity index (χ4n) is 3.36. The third kappa shape index (κ3) is 3.18. The van der Waals surface area contributed by atoms with E-state index in [0.29, 0.717) is 38.3 Å². The Balaban J connectivity index is 1.37. The monoisotopic (exact) mass is 348 g/mol. The molecule has 0 radical (unpaired) electrons. The normalized spacial score (nSPS) is 14.6. The third-order valence-corrected chi connectivity index (χ3v) is 4.82. The number of pyridine rings is 1. The van der Waals surface area contributed by atoms with Crippen LogP contribution < -0.4 is 0 Å². The Morgan fingerprint density at radius 2 is 1.69 bits per heavy atom. The zero-order chi connectivity index (χ0) is 17.9. The van der Waals surface area contributed by atoms with E-state index in [9.17, 15) is 9.59 Å². The van der Waals surface area contributed by atoms with Gasteiger partial charge in [0.2, 0.25) is 5.91 Å². The van der Waals surface area contributed by atoms with E-state index in [0.717, 1.165) is 16.5 Å². The molecule has 2 aromatic heterocycles. The lowest BCUT2D eigenvalue weighted by Crippen LogP contribution is -2.51. The van der Waals surface area contributed by atoms with Crippen LogP contribution in [0.15, 0.2) is 54.9 Å². The first kappa shape index (κ1) is 16.3. The van der Waals surface area contributed by atoms with Crippen LogP contribution in [0.1, 0.15) is 16.1 Å². The molecule has 3 heterocycles. The number of nitrogens with one attached hydrogen (secondary N) is 1. The van der Waals surface area contributed by atoms with Gasteiger partial charge in [0.05, 0.1) is 6.42 Å². The number of hydrogen-bond donors (Lipinski definition) is 1. The van der Waals surface area contributed by atoms with E-state index in [2.05, 4.69) is 9.97 Å². The van der Waals surface area contributed by atoms with Gasteiger partial charge in [-0.25, -0.2) is 0 Å². The maximum absolute atomic E-state index is 12.7. The van der Waals surface area contributed by atoms with Gasteiger partial charge in [-0.1, -0.05) is 24.3 Å². The highest BCUT2D eigenvalue weighted by atomic mass is 16.2. The summed E-state index contributed by atoms with van der Waals surface area (Å²) in [4.78, 5) is 36.0. The summed E-state index contributed by atoms with van der Waals surface area (Å²) in [5.41, 5.74) is 2.50. The molecule has 6 nitrogen and oxygen atoms in total. The molecule has 0 atom stereocenters. The number of fused-ring (bicyclic) bond motifs is 1. The summed E-state index contributed by atoms with van der Waals surface area (Å²) in [5.74, 6) is 0.0222. The van der Waals surface area contributed by atoms with E-state index in [1.54, 1.807) is 29.3 Å². The van der Waals surface area contributed by atoms with Gasteiger partial charge in [0.1, 0.15) is 5.69 Å². The summed E-state index contributed by atoms with van der Waals surface area (Å²) in [6.45, 7) is 2.18. The number of amides is 2. The van der Waals surface area contributed by atoms with Crippen LogP contribution in [0.25, 0.3) is 10.9 Å². The lowest BCUT2D eigenvalue weighted by Gasteiger charge is -2.34. The Morgan fingerprint density at radius 3 is 2.46 bits per heavy atom. The number of benzene rings is 1. The van der Waals surface area contributed by atoms with Gasteiger partial charge in [-0.3, -0.25) is 14.6 Å². The molecule has 0 spiro atoms. The highest BCUT2D eigenvalue weighted by Gasteiger charge is 2.25. The quantitative estimate of drug-likeness (QED) is 0.788. The van der Waals surface area contributed by atoms with Crippen LogP contribution in [0, 0.1) is 0 Å². The molecular weight excluding hydrogens is 328 g/mol. The summed E-state index contributed by atoms with van der Waals surface area (Å²) in [7, 11) is 0. The second kappa shape index (κ2) is 7.00. The zero-order valence-corrected chi connectivity index (χ0v) is 14.4. The minimum Gasteiger partial charge on any atom is -0.361 e. The van der Waals surface area contributed by atoms with Crippen LogP contribution in [-0.2, 0) is 11.2 Å². The summed E-state index contributed by atoms with van der Waals surface area (Å²) >= 11 is 0. The van der Waals surface area contributed by atoms with Crippen molar-refractivity contribution in [2.24, 2.45) is 0 Å². The highest BCUT2D eigenvalue weighted by Crippen LogP contribution is 2.19. The van der Waals surface area contributed by atoms with Crippen LogP contribution in [-0.4, -0.2) is 57.8 Å². The van der Waals surface area contributed by atoms with Crippen molar-refractivity contribution in [2.75, 3.05) is 26.2 Å². The number of piperazine rings is 1. The van der Waals surface area contributed by atoms with Crippen molar-refractivity contribution in [2.45, 2.75) is 6.42 Å². The zero-order valence-electron chi connectivity index (χ0n) is 14.4. The molecule has 1 saturated heterocycles. The van der Waals surface area contributed by atoms with E-state index in [4.69, 9.17) is 0 Å². The first-order valence-corrected chi connectivity index (χ1v) is 8.75. The second-order valence-corrected chi connectivity index (χ2v) is 6.42. The second-order valence-electron chi connectivity index (χ2n) is 6.42. The van der Waals surface area contributed by atoms with Gasteiger partial charge in [0.25, 0.3) is 5.91 Å². The standard InChI is InChI=1S/C20H20N4O2/c25-19(13-15-14-22-17-6-2-1-5-16(15)17)23-9-11-24(12-10-23)20(26)18-7-3-4-8-21-18/h1-8,14,22H,9-13H2. The number of hydrogen-bond acceptors (Lipinski definition) is 3. The number of carbonyl (C=O) groups is 2. The molecule has 0 bridgehead atoms. The van der Waals surface area contributed by atoms with Crippen molar-refractivity contribution in [1.82, 2.24) is 19.8 Å². The molecule has 1 aliphatic rings. The Labute approximate surface area is 151 Å². The Bertz CT molecular complexity index is 927. The van der Waals surface area contributed by atoms with Crippen molar-refractivity contribution in [1.29, 1.82) is 0 Å². The molecule has 2 amide bonds. The topological polar surface area (TPSA) is 69.3 Å². The number of carbonyl (C=O) groups excluding carboxylic acids is 2. The molecule has 3 aromatic rings. The predicted octanol–water partition coefficient (Wildman–Crippen LogP) is 2.09. The third-order valence-electron chi connectivity index (χ3n) is 4.82. The van der Waals surface area contributed by atoms with Crippen molar-refractivity contribution in [3.8, 4) is 0 Å². The van der Waals surface area contributed by atoms with Gasteiger partial charge in [0, 0.05) is 49.5 Å². The predicted molar refractivity (Wildman–Crippen MR) is 98.7 cm³/mol. The molecule has 4 rings (SSSR count). The first-order valence-electron chi connectivity index (χ1n) is 8.75. The van der Waals surface area contributed by atoms with E-state index in [1.807, 2.05) is 35.4 Å². The molecular formula is C20H20N4O2. The Morgan fingerprint density at radius 1 is 0.962 bits per heavy atom. The SMILES string of the molecule is O=C(Cc1c[nH]c2ccccc12)N1CCN(C(=O)c2ccccn2)CC1. The molecule has 0 aliphatic carbocycles. The maximum atomic E-state index is 12.7. The average molecular weight is 348 g/mol. The fraction of sp³-hybridized carbons (Fsp3) is 0.250. The van der Waals surface area contributed by atoms with Crippen LogP contribution in [0.2, 0.25) is 0 Å². The Hall–Kier alpha value is -3.15. The molecule has 0 unspecified atom stereocenters. The van der Waals surface area contributed by atoms with Gasteiger partial charge in [-0.15, -0.1) is 0 Å². The molecule has 1 N–H and O–H groups in total. The molecule has 1 fully saturated rings. The summed E-state index contributed by atoms with van der Waals surface area (Å²) in [6.07, 6.45) is 3.90. The number of nitrogens with zero attached hydrogens (tertiary/aromatic N) is 3. The van der Waals surface area contributed by atoms with Gasteiger partial charge in [0.15, 0.2) is 0 Å². The van der Waals surface area contributed by atoms with Gasteiger partial charge in [-0.2, -0.15) is 0 Å². The first-order chi connectivity index (χ1) is 12.7. The molecule has 1 aliphatic heterocycles. The van der Waals surface area contributed by atoms with E-state index in [1.165, 1.54) is 0 Å². The molecule has 132 valence electrons. The lowest BCUT2D eigenvalue weighted by molar-refractivity contribution is -0.131. The molecule has 0 saturated carbocycles. The van der Waals surface area contributed by atoms with Crippen LogP contribution >= 0.6 is 0 Å². The van der Waals surface area contributed by atoms with Gasteiger partial charge < -0.3 is 14.8 Å². The molecule has 1 aromatic carbocycles. The van der Waals surface area contributed by atoms with Crippen molar-refractivity contribution in [3.63, 3.8) is 0 Å². The van der Waals surface area contributed by atoms with Gasteiger partial charge >= 0.3 is 0 Å². The van der Waals surface area contributed by atoms with Crippen molar-refractivity contribution in [3.05, 3.63) is 66.1 Å². The van der Waals surface area contributed by atoms with Crippen molar-refractivity contribution < 1.29 is 9.59 Å². The summed E-state index contributed by atoms with van der Waals surface area (Å²) < 4.78 is 0. The smallest absolute Gasteiger partial charge is 0.272 e. The highest BCUT2D eigenvalue weighted by molar-refractivity contribution is 5.92. The Kier molecular flexibility index (Phi) is 4.39. The van der Waals surface area contributed by atoms with Gasteiger partial charge in [-0.05, 0) is 23.8 Å². The summed E-state index contributed by atoms with van der Waals surface area (Å²) in [5, 5.41) is 1.09. The number of aromatic amines is 1. The maximum Gasteiger partial charge on any atom is 0.272 e. The minimum absolute atomic E-state index is 0.0747. The number of H-pyrrole nitrogens is 1. The molecule has 6 heteroatoms. The van der Waals surface area contributed by atoms with E-state index >= 15 is 0 Å². The lowest BCUT2D eigenvalue weighted by atomic mass is 10.1. The van der Waals surface area contributed by atoms with Crippen LogP contribution in [0.5, 0.6) is 0 Å². The average Bonchev–Trinajstić information content (AvgIpc) is 3.11. The van der Waals surface area contributed by atoms with E-state index < -0.39 is 0 Å². The van der Waals surface area contributed by atoms with Crippen LogP contribution in [0.4, 0.5) is 0 Å².